The van der Waals surface area contributed by atoms with Crippen molar-refractivity contribution in [3.8, 4) is 0 Å². The number of aldehydes is 1. The number of thiophene rings is 1. The molecule has 0 saturated carbocycles. The molecule has 1 heterocycles. The second-order valence-corrected chi connectivity index (χ2v) is 2.33. The molecule has 1 nitrogen and oxygen atoms in total. The van der Waals surface area contributed by atoms with Crippen molar-refractivity contribution < 1.29 is 9.18 Å². The van der Waals surface area contributed by atoms with Crippen LogP contribution in [-0.4, -0.2) is 6.29 Å². The summed E-state index contributed by atoms with van der Waals surface area (Å²) in [5.74, 6) is 0. The van der Waals surface area contributed by atoms with Crippen LogP contribution >= 0.6 is 11.3 Å². The van der Waals surface area contributed by atoms with Gasteiger partial charge in [-0.3, -0.25) is 4.79 Å². The molecule has 0 aliphatic rings. The Hall–Kier alpha value is -0.700. The van der Waals surface area contributed by atoms with E-state index in [0.29, 0.717) is 11.2 Å². The van der Waals surface area contributed by atoms with Crippen LogP contribution in [0.5, 0.6) is 0 Å². The predicted octanol–water partition coefficient (Wildman–Crippen LogP) is 2.73. The Bertz CT molecular complexity index is 195. The second-order valence-electron chi connectivity index (χ2n) is 1.26. The van der Waals surface area contributed by atoms with E-state index in [1.807, 2.05) is 13.8 Å². The Kier molecular flexibility index (Phi) is 4.76. The van der Waals surface area contributed by atoms with E-state index < -0.39 is 0 Å². The zero-order chi connectivity index (χ0) is 7.98. The minimum absolute atomic E-state index is 0.313. The average molecular weight is 160 g/mol. The molecule has 3 heteroatoms. The average Bonchev–Trinajstić information content (AvgIpc) is 2.40. The maximum atomic E-state index is 12.0. The summed E-state index contributed by atoms with van der Waals surface area (Å²) in [6.45, 7) is 4.00. The van der Waals surface area contributed by atoms with Gasteiger partial charge in [-0.05, 0) is 12.1 Å². The van der Waals surface area contributed by atoms with Crippen molar-refractivity contribution in [3.05, 3.63) is 22.1 Å². The fourth-order valence-corrected chi connectivity index (χ4v) is 0.937. The molecule has 1 aromatic heterocycles. The topological polar surface area (TPSA) is 17.1 Å². The molecular weight excluding hydrogens is 151 g/mol. The van der Waals surface area contributed by atoms with Crippen LogP contribution in [0.4, 0.5) is 4.39 Å². The Morgan fingerprint density at radius 1 is 1.50 bits per heavy atom. The van der Waals surface area contributed by atoms with Gasteiger partial charge in [-0.1, -0.05) is 13.8 Å². The van der Waals surface area contributed by atoms with E-state index in [9.17, 15) is 9.18 Å². The largest absolute Gasteiger partial charge is 0.297 e. The molecule has 0 aliphatic heterocycles. The standard InChI is InChI=1S/C5H3FOS.C2H6/c6-5-2-1-4(3-7)8-5;1-2/h1-3H;1-2H3. The summed E-state index contributed by atoms with van der Waals surface area (Å²) in [5, 5.41) is -0.313. The van der Waals surface area contributed by atoms with Crippen molar-refractivity contribution in [2.75, 3.05) is 0 Å². The van der Waals surface area contributed by atoms with Crippen LogP contribution in [0.15, 0.2) is 12.1 Å². The van der Waals surface area contributed by atoms with Crippen molar-refractivity contribution >= 4 is 17.6 Å². The molecule has 1 rings (SSSR count). The van der Waals surface area contributed by atoms with Crippen LogP contribution in [0.2, 0.25) is 0 Å². The van der Waals surface area contributed by atoms with Gasteiger partial charge in [0, 0.05) is 0 Å². The minimum Gasteiger partial charge on any atom is -0.297 e. The SMILES string of the molecule is CC.O=Cc1ccc(F)s1. The molecule has 10 heavy (non-hydrogen) atoms. The summed E-state index contributed by atoms with van der Waals surface area (Å²) < 4.78 is 12.0. The summed E-state index contributed by atoms with van der Waals surface area (Å²) in [7, 11) is 0. The highest BCUT2D eigenvalue weighted by Gasteiger charge is 1.93. The third-order valence-electron chi connectivity index (χ3n) is 0.710. The zero-order valence-electron chi connectivity index (χ0n) is 5.93. The molecule has 56 valence electrons. The normalized spacial score (nSPS) is 7.90. The molecule has 1 aromatic rings. The van der Waals surface area contributed by atoms with Crippen LogP contribution in [0.1, 0.15) is 23.5 Å². The van der Waals surface area contributed by atoms with Crippen molar-refractivity contribution in [1.82, 2.24) is 0 Å². The van der Waals surface area contributed by atoms with Gasteiger partial charge >= 0.3 is 0 Å². The maximum Gasteiger partial charge on any atom is 0.177 e. The molecule has 0 unspecified atom stereocenters. The van der Waals surface area contributed by atoms with Crippen LogP contribution in [0, 0.1) is 5.13 Å². The molecule has 0 radical (unpaired) electrons. The molecule has 0 spiro atoms. The van der Waals surface area contributed by atoms with E-state index in [1.54, 1.807) is 0 Å². The highest BCUT2D eigenvalue weighted by atomic mass is 32.1. The lowest BCUT2D eigenvalue weighted by molar-refractivity contribution is 0.112. The summed E-state index contributed by atoms with van der Waals surface area (Å²) in [6.07, 6.45) is 0.633. The molecule has 0 amide bonds. The maximum absolute atomic E-state index is 12.0. The molecule has 0 N–H and O–H groups in total. The van der Waals surface area contributed by atoms with E-state index in [0.717, 1.165) is 11.3 Å². The summed E-state index contributed by atoms with van der Waals surface area (Å²) in [6, 6.07) is 2.72. The van der Waals surface area contributed by atoms with Gasteiger partial charge in [0.2, 0.25) is 0 Å². The lowest BCUT2D eigenvalue weighted by atomic mass is 10.5. The fourth-order valence-electron chi connectivity index (χ4n) is 0.392. The number of hydrogen-bond donors (Lipinski definition) is 0. The molecule has 0 saturated heterocycles. The third-order valence-corrected chi connectivity index (χ3v) is 1.51. The number of carbonyl (C=O) groups is 1. The Balaban J connectivity index is 0.000000371. The molecule has 0 aromatic carbocycles. The molecule has 0 bridgehead atoms. The van der Waals surface area contributed by atoms with Crippen molar-refractivity contribution in [3.63, 3.8) is 0 Å². The quantitative estimate of drug-likeness (QED) is 0.577. The predicted molar refractivity (Wildman–Crippen MR) is 41.0 cm³/mol. The van der Waals surface area contributed by atoms with Crippen LogP contribution in [0.25, 0.3) is 0 Å². The summed E-state index contributed by atoms with van der Waals surface area (Å²) in [4.78, 5) is 10.3. The van der Waals surface area contributed by atoms with Gasteiger partial charge in [-0.25, -0.2) is 0 Å². The van der Waals surface area contributed by atoms with E-state index in [-0.39, 0.29) is 5.13 Å². The first-order chi connectivity index (χ1) is 4.83. The van der Waals surface area contributed by atoms with Crippen molar-refractivity contribution in [2.45, 2.75) is 13.8 Å². The van der Waals surface area contributed by atoms with E-state index in [1.165, 1.54) is 12.1 Å². The van der Waals surface area contributed by atoms with E-state index >= 15 is 0 Å². The van der Waals surface area contributed by atoms with E-state index in [4.69, 9.17) is 0 Å². The monoisotopic (exact) mass is 160 g/mol. The van der Waals surface area contributed by atoms with Crippen LogP contribution in [0.3, 0.4) is 0 Å². The highest BCUT2D eigenvalue weighted by molar-refractivity contribution is 7.12. The first-order valence-electron chi connectivity index (χ1n) is 3.03. The smallest absolute Gasteiger partial charge is 0.177 e. The van der Waals surface area contributed by atoms with Gasteiger partial charge in [0.25, 0.3) is 0 Å². The number of carbonyl (C=O) groups excluding carboxylic acids is 1. The minimum atomic E-state index is -0.313. The van der Waals surface area contributed by atoms with Gasteiger partial charge in [0.1, 0.15) is 0 Å². The Labute approximate surface area is 63.5 Å². The number of rotatable bonds is 1. The fraction of sp³-hybridized carbons (Fsp3) is 0.286. The molecule has 0 aliphatic carbocycles. The summed E-state index contributed by atoms with van der Waals surface area (Å²) >= 11 is 0.853. The lowest BCUT2D eigenvalue weighted by Crippen LogP contribution is -1.61. The zero-order valence-corrected chi connectivity index (χ0v) is 6.74. The molecular formula is C7H9FOS. The van der Waals surface area contributed by atoms with Crippen LogP contribution in [-0.2, 0) is 0 Å². The first-order valence-corrected chi connectivity index (χ1v) is 3.85. The second kappa shape index (κ2) is 5.11. The van der Waals surface area contributed by atoms with Crippen molar-refractivity contribution in [2.24, 2.45) is 0 Å². The van der Waals surface area contributed by atoms with Gasteiger partial charge in [0.15, 0.2) is 11.4 Å². The first kappa shape index (κ1) is 9.30. The lowest BCUT2D eigenvalue weighted by Gasteiger charge is -1.68. The Morgan fingerprint density at radius 2 is 2.10 bits per heavy atom. The molecule has 0 atom stereocenters. The van der Waals surface area contributed by atoms with Gasteiger partial charge < -0.3 is 0 Å². The highest BCUT2D eigenvalue weighted by Crippen LogP contribution is 2.10. The van der Waals surface area contributed by atoms with Gasteiger partial charge in [0.05, 0.1) is 4.88 Å². The van der Waals surface area contributed by atoms with Gasteiger partial charge in [-0.2, -0.15) is 4.39 Å². The molecule has 0 fully saturated rings. The number of hydrogen-bond acceptors (Lipinski definition) is 2. The third kappa shape index (κ3) is 2.73. The van der Waals surface area contributed by atoms with Crippen LogP contribution < -0.4 is 0 Å². The van der Waals surface area contributed by atoms with Gasteiger partial charge in [-0.15, -0.1) is 11.3 Å². The Morgan fingerprint density at radius 3 is 2.30 bits per heavy atom. The van der Waals surface area contributed by atoms with E-state index in [2.05, 4.69) is 0 Å². The number of halogens is 1. The summed E-state index contributed by atoms with van der Waals surface area (Å²) in [5.41, 5.74) is 0. The van der Waals surface area contributed by atoms with Crippen molar-refractivity contribution in [1.29, 1.82) is 0 Å².